The summed E-state index contributed by atoms with van der Waals surface area (Å²) in [7, 11) is 0. The van der Waals surface area contributed by atoms with Crippen molar-refractivity contribution in [2.75, 3.05) is 18.5 Å². The molecule has 8 heteroatoms. The van der Waals surface area contributed by atoms with Gasteiger partial charge in [-0.1, -0.05) is 12.1 Å². The molecule has 1 aromatic carbocycles. The number of hydrogen-bond donors (Lipinski definition) is 3. The average Bonchev–Trinajstić information content (AvgIpc) is 3.09. The molecule has 132 valence electrons. The molecular weight excluding hydrogens is 324 g/mol. The van der Waals surface area contributed by atoms with Gasteiger partial charge in [0.05, 0.1) is 19.2 Å². The highest BCUT2D eigenvalue weighted by Crippen LogP contribution is 2.26. The van der Waals surface area contributed by atoms with E-state index < -0.39 is 12.1 Å². The summed E-state index contributed by atoms with van der Waals surface area (Å²) in [6.07, 6.45) is 2.39. The van der Waals surface area contributed by atoms with Crippen molar-refractivity contribution in [3.05, 3.63) is 48.0 Å². The van der Waals surface area contributed by atoms with Crippen molar-refractivity contribution in [1.29, 1.82) is 0 Å². The molecule has 1 aliphatic heterocycles. The minimum atomic E-state index is -0.911. The second-order valence-corrected chi connectivity index (χ2v) is 5.89. The van der Waals surface area contributed by atoms with Crippen LogP contribution in [0.2, 0.25) is 0 Å². The molecule has 3 N–H and O–H groups in total. The summed E-state index contributed by atoms with van der Waals surface area (Å²) in [4.78, 5) is 32.0. The van der Waals surface area contributed by atoms with Crippen molar-refractivity contribution in [2.45, 2.75) is 25.6 Å². The zero-order valence-electron chi connectivity index (χ0n) is 13.8. The van der Waals surface area contributed by atoms with Crippen LogP contribution < -0.4 is 5.32 Å². The summed E-state index contributed by atoms with van der Waals surface area (Å²) in [6.45, 7) is 1.94. The van der Waals surface area contributed by atoms with Crippen LogP contribution in [0.4, 0.5) is 5.69 Å². The molecule has 0 bridgehead atoms. The molecule has 2 heterocycles. The highest BCUT2D eigenvalue weighted by Gasteiger charge is 2.35. The number of rotatable bonds is 5. The largest absolute Gasteiger partial charge is 0.386 e. The van der Waals surface area contributed by atoms with E-state index in [1.165, 1.54) is 6.92 Å². The van der Waals surface area contributed by atoms with Crippen LogP contribution in [0.3, 0.4) is 0 Å². The number of hydrogen-bond acceptors (Lipinski definition) is 5. The minimum Gasteiger partial charge on any atom is -0.386 e. The number of nitrogens with one attached hydrogen (secondary N) is 2. The number of aromatic amines is 1. The maximum Gasteiger partial charge on any atom is 0.249 e. The number of aliphatic hydroxyl groups excluding tert-OH is 1. The van der Waals surface area contributed by atoms with E-state index in [4.69, 9.17) is 4.74 Å². The number of aliphatic hydroxyl groups is 1. The zero-order valence-corrected chi connectivity index (χ0v) is 13.8. The van der Waals surface area contributed by atoms with Crippen LogP contribution in [0.25, 0.3) is 0 Å². The molecule has 0 spiro atoms. The molecule has 3 rings (SSSR count). The Morgan fingerprint density at radius 2 is 2.24 bits per heavy atom. The maximum atomic E-state index is 12.2. The Morgan fingerprint density at radius 1 is 1.48 bits per heavy atom. The zero-order chi connectivity index (χ0) is 17.8. The van der Waals surface area contributed by atoms with Gasteiger partial charge < -0.3 is 25.0 Å². The van der Waals surface area contributed by atoms with E-state index in [1.807, 2.05) is 0 Å². The van der Waals surface area contributed by atoms with E-state index in [9.17, 15) is 14.7 Å². The van der Waals surface area contributed by atoms with Gasteiger partial charge in [0.25, 0.3) is 0 Å². The lowest BCUT2D eigenvalue weighted by Gasteiger charge is -2.37. The van der Waals surface area contributed by atoms with E-state index in [0.29, 0.717) is 17.1 Å². The van der Waals surface area contributed by atoms with Crippen LogP contribution in [0.1, 0.15) is 24.4 Å². The van der Waals surface area contributed by atoms with Crippen molar-refractivity contribution in [3.63, 3.8) is 0 Å². The fourth-order valence-corrected chi connectivity index (χ4v) is 2.83. The number of nitrogens with zero attached hydrogens (tertiary/aromatic N) is 2. The Morgan fingerprint density at radius 3 is 2.88 bits per heavy atom. The van der Waals surface area contributed by atoms with Crippen LogP contribution in [0, 0.1) is 0 Å². The first-order chi connectivity index (χ1) is 12.0. The van der Waals surface area contributed by atoms with Crippen LogP contribution in [-0.4, -0.2) is 51.0 Å². The van der Waals surface area contributed by atoms with Gasteiger partial charge in [0.15, 0.2) is 0 Å². The predicted octanol–water partition coefficient (Wildman–Crippen LogP) is 0.829. The second kappa shape index (κ2) is 7.45. The first-order valence-corrected chi connectivity index (χ1v) is 7.95. The third kappa shape index (κ3) is 4.04. The lowest BCUT2D eigenvalue weighted by molar-refractivity contribution is -0.155. The standard InChI is InChI=1S/C17H20N4O4/c1-11(22)20-13-4-2-12(3-5-13)17(24)14-9-25-10-16(23)21(14)8-15-18-6-7-19-15/h2-7,14,17,24H,8-10H2,1H3,(H,18,19)(H,20,22)/t14-,17-/m1/s1. The van der Waals surface area contributed by atoms with Crippen LogP contribution in [0.5, 0.6) is 0 Å². The third-order valence-electron chi connectivity index (χ3n) is 4.05. The van der Waals surface area contributed by atoms with E-state index in [2.05, 4.69) is 15.3 Å². The fraction of sp³-hybridized carbons (Fsp3) is 0.353. The summed E-state index contributed by atoms with van der Waals surface area (Å²) >= 11 is 0. The highest BCUT2D eigenvalue weighted by molar-refractivity contribution is 5.88. The SMILES string of the molecule is CC(=O)Nc1ccc([C@@H](O)[C@H]2COCC(=O)N2Cc2ncc[nH]2)cc1. The number of anilines is 1. The number of H-pyrrole nitrogens is 1. The summed E-state index contributed by atoms with van der Waals surface area (Å²) in [6, 6.07) is 6.35. The molecule has 1 fully saturated rings. The number of morpholine rings is 1. The van der Waals surface area contributed by atoms with Gasteiger partial charge in [-0.2, -0.15) is 0 Å². The maximum absolute atomic E-state index is 12.2. The number of carbonyl (C=O) groups excluding carboxylic acids is 2. The van der Waals surface area contributed by atoms with Crippen LogP contribution in [-0.2, 0) is 20.9 Å². The smallest absolute Gasteiger partial charge is 0.249 e. The van der Waals surface area contributed by atoms with E-state index >= 15 is 0 Å². The molecule has 0 aliphatic carbocycles. The summed E-state index contributed by atoms with van der Waals surface area (Å²) in [5, 5.41) is 13.4. The first-order valence-electron chi connectivity index (χ1n) is 7.95. The molecule has 0 radical (unpaired) electrons. The Balaban J connectivity index is 1.76. The number of aromatic nitrogens is 2. The van der Waals surface area contributed by atoms with Gasteiger partial charge >= 0.3 is 0 Å². The average molecular weight is 344 g/mol. The van der Waals surface area contributed by atoms with Crippen molar-refractivity contribution >= 4 is 17.5 Å². The lowest BCUT2D eigenvalue weighted by Crippen LogP contribution is -2.51. The van der Waals surface area contributed by atoms with Crippen LogP contribution in [0.15, 0.2) is 36.7 Å². The number of imidazole rings is 1. The molecule has 1 saturated heterocycles. The normalized spacial score (nSPS) is 18.9. The summed E-state index contributed by atoms with van der Waals surface area (Å²) in [5.41, 5.74) is 1.29. The van der Waals surface area contributed by atoms with E-state index in [-0.39, 0.29) is 31.6 Å². The molecule has 2 amide bonds. The van der Waals surface area contributed by atoms with Crippen LogP contribution >= 0.6 is 0 Å². The quantitative estimate of drug-likeness (QED) is 0.745. The third-order valence-corrected chi connectivity index (χ3v) is 4.05. The van der Waals surface area contributed by atoms with Gasteiger partial charge in [-0.25, -0.2) is 4.98 Å². The Hall–Kier alpha value is -2.71. The molecule has 0 unspecified atom stereocenters. The van der Waals surface area contributed by atoms with Gasteiger partial charge in [-0.05, 0) is 17.7 Å². The van der Waals surface area contributed by atoms with E-state index in [1.54, 1.807) is 41.6 Å². The number of ether oxygens (including phenoxy) is 1. The number of carbonyl (C=O) groups is 2. The Bertz CT molecular complexity index is 730. The van der Waals surface area contributed by atoms with Crippen molar-refractivity contribution in [1.82, 2.24) is 14.9 Å². The number of benzene rings is 1. The van der Waals surface area contributed by atoms with Crippen molar-refractivity contribution in [3.8, 4) is 0 Å². The minimum absolute atomic E-state index is 0.00853. The lowest BCUT2D eigenvalue weighted by atomic mass is 10.00. The molecular formula is C17H20N4O4. The Labute approximate surface area is 144 Å². The molecule has 0 saturated carbocycles. The summed E-state index contributed by atoms with van der Waals surface area (Å²) in [5.74, 6) is 0.291. The van der Waals surface area contributed by atoms with Gasteiger partial charge in [0, 0.05) is 25.0 Å². The molecule has 2 aromatic rings. The molecule has 2 atom stereocenters. The van der Waals surface area contributed by atoms with Crippen molar-refractivity contribution in [2.24, 2.45) is 0 Å². The highest BCUT2D eigenvalue weighted by atomic mass is 16.5. The monoisotopic (exact) mass is 344 g/mol. The topological polar surface area (TPSA) is 108 Å². The number of amides is 2. The molecule has 25 heavy (non-hydrogen) atoms. The first kappa shape index (κ1) is 17.1. The Kier molecular flexibility index (Phi) is 5.11. The van der Waals surface area contributed by atoms with Crippen molar-refractivity contribution < 1.29 is 19.4 Å². The second-order valence-electron chi connectivity index (χ2n) is 5.89. The molecule has 1 aromatic heterocycles. The molecule has 8 nitrogen and oxygen atoms in total. The van der Waals surface area contributed by atoms with Gasteiger partial charge in [0.2, 0.25) is 11.8 Å². The fourth-order valence-electron chi connectivity index (χ4n) is 2.83. The molecule has 1 aliphatic rings. The van der Waals surface area contributed by atoms with Gasteiger partial charge in [0.1, 0.15) is 18.5 Å². The summed E-state index contributed by atoms with van der Waals surface area (Å²) < 4.78 is 5.32. The van der Waals surface area contributed by atoms with Gasteiger partial charge in [-0.15, -0.1) is 0 Å². The van der Waals surface area contributed by atoms with E-state index in [0.717, 1.165) is 0 Å². The van der Waals surface area contributed by atoms with Gasteiger partial charge in [-0.3, -0.25) is 9.59 Å². The predicted molar refractivity (Wildman–Crippen MR) is 89.5 cm³/mol.